The van der Waals surface area contributed by atoms with Crippen molar-refractivity contribution in [2.75, 3.05) is 5.32 Å². The minimum atomic E-state index is -0.980. The summed E-state index contributed by atoms with van der Waals surface area (Å²) in [5.41, 5.74) is 1.66. The Morgan fingerprint density at radius 2 is 1.67 bits per heavy atom. The molecule has 0 radical (unpaired) electrons. The van der Waals surface area contributed by atoms with Crippen LogP contribution in [0.25, 0.3) is 0 Å². The number of rotatable bonds is 5. The van der Waals surface area contributed by atoms with E-state index in [1.54, 1.807) is 0 Å². The van der Waals surface area contributed by atoms with Gasteiger partial charge in [-0.2, -0.15) is 0 Å². The highest BCUT2D eigenvalue weighted by molar-refractivity contribution is 7.17. The van der Waals surface area contributed by atoms with Crippen LogP contribution in [-0.4, -0.2) is 41.1 Å². The summed E-state index contributed by atoms with van der Waals surface area (Å²) in [4.78, 5) is 39.2. The molecule has 2 aliphatic carbocycles. The molecule has 162 valence electrons. The van der Waals surface area contributed by atoms with Crippen molar-refractivity contribution in [1.82, 2.24) is 5.32 Å². The Hall–Kier alpha value is -1.93. The van der Waals surface area contributed by atoms with E-state index in [2.05, 4.69) is 10.6 Å². The van der Waals surface area contributed by atoms with Crippen LogP contribution in [0, 0.1) is 11.8 Å². The van der Waals surface area contributed by atoms with E-state index in [0.717, 1.165) is 55.4 Å². The van der Waals surface area contributed by atoms with Crippen molar-refractivity contribution in [2.24, 2.45) is 11.8 Å². The summed E-state index contributed by atoms with van der Waals surface area (Å²) in [5, 5.41) is 16.3. The first-order valence-electron chi connectivity index (χ1n) is 11.2. The second-order valence-electron chi connectivity index (χ2n) is 9.04. The number of aryl methyl sites for hydroxylation is 1. The lowest BCUT2D eigenvalue weighted by Crippen LogP contribution is -2.41. The first kappa shape index (κ1) is 20.0. The van der Waals surface area contributed by atoms with Crippen molar-refractivity contribution in [2.45, 2.75) is 82.5 Å². The lowest BCUT2D eigenvalue weighted by Gasteiger charge is -2.24. The molecule has 4 unspecified atom stereocenters. The van der Waals surface area contributed by atoms with Crippen molar-refractivity contribution >= 4 is 34.1 Å². The minimum absolute atomic E-state index is 0.101. The molecule has 30 heavy (non-hydrogen) atoms. The summed E-state index contributed by atoms with van der Waals surface area (Å²) in [6, 6.07) is 0.196. The van der Waals surface area contributed by atoms with Crippen LogP contribution in [0.2, 0.25) is 0 Å². The summed E-state index contributed by atoms with van der Waals surface area (Å²) in [5.74, 6) is -2.93. The number of fused-ring (bicyclic) bond motifs is 3. The van der Waals surface area contributed by atoms with Crippen molar-refractivity contribution in [3.05, 3.63) is 16.0 Å². The third-order valence-corrected chi connectivity index (χ3v) is 8.39. The fourth-order valence-electron chi connectivity index (χ4n) is 5.76. The number of amides is 2. The van der Waals surface area contributed by atoms with Crippen molar-refractivity contribution in [3.63, 3.8) is 0 Å². The summed E-state index contributed by atoms with van der Waals surface area (Å²) >= 11 is 1.47. The first-order valence-corrected chi connectivity index (χ1v) is 12.0. The van der Waals surface area contributed by atoms with E-state index in [1.165, 1.54) is 17.8 Å². The van der Waals surface area contributed by atoms with Gasteiger partial charge in [0.05, 0.1) is 29.6 Å². The minimum Gasteiger partial charge on any atom is -0.481 e. The van der Waals surface area contributed by atoms with Crippen LogP contribution in [0.4, 0.5) is 5.00 Å². The Labute approximate surface area is 179 Å². The third-order valence-electron chi connectivity index (χ3n) is 7.19. The number of carboxylic acid groups (broad SMARTS) is 1. The van der Waals surface area contributed by atoms with E-state index in [9.17, 15) is 19.5 Å². The summed E-state index contributed by atoms with van der Waals surface area (Å²) < 4.78 is 5.74. The van der Waals surface area contributed by atoms with Gasteiger partial charge in [-0.15, -0.1) is 11.3 Å². The Morgan fingerprint density at radius 1 is 0.933 bits per heavy atom. The number of hydrogen-bond donors (Lipinski definition) is 3. The molecule has 1 aromatic rings. The number of hydrogen-bond acceptors (Lipinski definition) is 5. The van der Waals surface area contributed by atoms with Crippen LogP contribution in [0.1, 0.15) is 72.2 Å². The fraction of sp³-hybridized carbons (Fsp3) is 0.682. The number of ether oxygens (including phenoxy) is 1. The molecule has 2 aliphatic heterocycles. The van der Waals surface area contributed by atoms with E-state index in [1.807, 2.05) is 0 Å². The zero-order valence-corrected chi connectivity index (χ0v) is 17.8. The van der Waals surface area contributed by atoms with Crippen molar-refractivity contribution < 1.29 is 24.2 Å². The van der Waals surface area contributed by atoms with E-state index in [4.69, 9.17) is 4.74 Å². The molecule has 2 amide bonds. The number of carbonyl (C=O) groups is 3. The topological polar surface area (TPSA) is 105 Å². The molecule has 2 saturated heterocycles. The molecule has 3 fully saturated rings. The van der Waals surface area contributed by atoms with Gasteiger partial charge >= 0.3 is 5.97 Å². The van der Waals surface area contributed by atoms with E-state index in [-0.39, 0.29) is 30.1 Å². The number of anilines is 1. The molecular formula is C22H28N2O5S. The highest BCUT2D eigenvalue weighted by atomic mass is 32.1. The average Bonchev–Trinajstić information content (AvgIpc) is 3.48. The Bertz CT molecular complexity index is 875. The third kappa shape index (κ3) is 3.43. The van der Waals surface area contributed by atoms with Gasteiger partial charge in [0, 0.05) is 10.9 Å². The normalized spacial score (nSPS) is 30.3. The fourth-order valence-corrected chi connectivity index (χ4v) is 7.05. The molecule has 0 spiro atoms. The smallest absolute Gasteiger partial charge is 0.310 e. The van der Waals surface area contributed by atoms with Gasteiger partial charge in [0.25, 0.3) is 5.91 Å². The standard InChI is InChI=1S/C22H28N2O5S/c25-19(23-11-5-2-1-3-6-11)16-12-7-4-8-15(12)30-21(16)24-20(26)17-13-9-10-14(29-13)18(17)22(27)28/h11,13-14,17-18H,1-10H2,(H,23,25)(H,24,26)(H,27,28). The van der Waals surface area contributed by atoms with Crippen LogP contribution in [0.5, 0.6) is 0 Å². The summed E-state index contributed by atoms with van der Waals surface area (Å²) in [7, 11) is 0. The predicted molar refractivity (Wildman–Crippen MR) is 112 cm³/mol. The lowest BCUT2D eigenvalue weighted by atomic mass is 9.79. The molecule has 7 nitrogen and oxygen atoms in total. The molecular weight excluding hydrogens is 404 g/mol. The van der Waals surface area contributed by atoms with Gasteiger partial charge in [0.2, 0.25) is 5.91 Å². The van der Waals surface area contributed by atoms with Gasteiger partial charge in [-0.3, -0.25) is 14.4 Å². The van der Waals surface area contributed by atoms with Crippen LogP contribution in [0.3, 0.4) is 0 Å². The molecule has 5 rings (SSSR count). The largest absolute Gasteiger partial charge is 0.481 e. The van der Waals surface area contributed by atoms with Gasteiger partial charge in [-0.05, 0) is 50.5 Å². The van der Waals surface area contributed by atoms with E-state index < -0.39 is 17.8 Å². The molecule has 4 aliphatic rings. The van der Waals surface area contributed by atoms with Gasteiger partial charge < -0.3 is 20.5 Å². The zero-order valence-electron chi connectivity index (χ0n) is 16.9. The zero-order chi connectivity index (χ0) is 20.8. The molecule has 1 saturated carbocycles. The molecule has 0 aromatic carbocycles. The van der Waals surface area contributed by atoms with Crippen LogP contribution >= 0.6 is 11.3 Å². The van der Waals surface area contributed by atoms with Gasteiger partial charge in [0.15, 0.2) is 0 Å². The maximum absolute atomic E-state index is 13.2. The maximum atomic E-state index is 13.2. The predicted octanol–water partition coefficient (Wildman–Crippen LogP) is 3.12. The summed E-state index contributed by atoms with van der Waals surface area (Å²) in [6.07, 6.45) is 8.97. The number of aliphatic carboxylic acids is 1. The Kier molecular flexibility index (Phi) is 5.31. The molecule has 8 heteroatoms. The number of carbonyl (C=O) groups excluding carboxylic acids is 2. The van der Waals surface area contributed by atoms with Crippen LogP contribution in [0.15, 0.2) is 0 Å². The summed E-state index contributed by atoms with van der Waals surface area (Å²) in [6.45, 7) is 0. The lowest BCUT2D eigenvalue weighted by molar-refractivity contribution is -0.147. The van der Waals surface area contributed by atoms with Crippen LogP contribution < -0.4 is 10.6 Å². The molecule has 4 atom stereocenters. The highest BCUT2D eigenvalue weighted by Gasteiger charge is 2.55. The molecule has 3 heterocycles. The molecule has 2 bridgehead atoms. The molecule has 3 N–H and O–H groups in total. The average molecular weight is 433 g/mol. The van der Waals surface area contributed by atoms with Gasteiger partial charge in [0.1, 0.15) is 5.00 Å². The number of carboxylic acids is 1. The van der Waals surface area contributed by atoms with Crippen molar-refractivity contribution in [1.29, 1.82) is 0 Å². The SMILES string of the molecule is O=C(NC1CCCCC1)c1c(NC(=O)C2C3CCC(O3)C2C(=O)O)sc2c1CCC2. The second kappa shape index (κ2) is 7.96. The van der Waals surface area contributed by atoms with Crippen LogP contribution in [-0.2, 0) is 27.2 Å². The quantitative estimate of drug-likeness (QED) is 0.663. The van der Waals surface area contributed by atoms with Crippen molar-refractivity contribution in [3.8, 4) is 0 Å². The van der Waals surface area contributed by atoms with Gasteiger partial charge in [-0.25, -0.2) is 0 Å². The Balaban J connectivity index is 1.37. The first-order chi connectivity index (χ1) is 14.5. The monoisotopic (exact) mass is 432 g/mol. The van der Waals surface area contributed by atoms with E-state index in [0.29, 0.717) is 23.4 Å². The maximum Gasteiger partial charge on any atom is 0.310 e. The van der Waals surface area contributed by atoms with Gasteiger partial charge in [-0.1, -0.05) is 19.3 Å². The number of nitrogens with one attached hydrogen (secondary N) is 2. The molecule has 1 aromatic heterocycles. The number of thiophene rings is 1. The van der Waals surface area contributed by atoms with E-state index >= 15 is 0 Å². The second-order valence-corrected chi connectivity index (χ2v) is 10.1. The highest BCUT2D eigenvalue weighted by Crippen LogP contribution is 2.45. The Morgan fingerprint density at radius 3 is 2.40 bits per heavy atom.